The zero-order valence-electron chi connectivity index (χ0n) is 8.30. The van der Waals surface area contributed by atoms with E-state index in [0.717, 1.165) is 0 Å². The molecule has 2 N–H and O–H groups in total. The number of amides is 1. The van der Waals surface area contributed by atoms with Crippen LogP contribution in [-0.2, 0) is 9.59 Å². The van der Waals surface area contributed by atoms with Gasteiger partial charge in [-0.25, -0.2) is 4.79 Å². The fraction of sp³-hybridized carbons (Fsp3) is 0.778. The summed E-state index contributed by atoms with van der Waals surface area (Å²) < 4.78 is 0. The highest BCUT2D eigenvalue weighted by Gasteiger charge is 2.39. The van der Waals surface area contributed by atoms with E-state index in [9.17, 15) is 14.7 Å². The number of β-amino-alcohol motifs (C(OH)–C–C–N with tert-alkyl or cyclic N) is 1. The largest absolute Gasteiger partial charge is 0.480 e. The normalized spacial score (nSPS) is 27.0. The van der Waals surface area contributed by atoms with Crippen molar-refractivity contribution in [2.75, 3.05) is 6.54 Å². The molecule has 1 fully saturated rings. The van der Waals surface area contributed by atoms with Crippen LogP contribution in [0.5, 0.6) is 0 Å². The molecule has 5 heteroatoms. The van der Waals surface area contributed by atoms with Crippen LogP contribution >= 0.6 is 0 Å². The van der Waals surface area contributed by atoms with Crippen molar-refractivity contribution >= 4 is 11.9 Å². The van der Waals surface area contributed by atoms with Crippen molar-refractivity contribution in [3.63, 3.8) is 0 Å². The quantitative estimate of drug-likeness (QED) is 0.642. The number of carboxylic acids is 1. The predicted molar refractivity (Wildman–Crippen MR) is 48.6 cm³/mol. The third kappa shape index (κ3) is 2.04. The molecule has 2 atom stereocenters. The Morgan fingerprint density at radius 1 is 1.43 bits per heavy atom. The van der Waals surface area contributed by atoms with Gasteiger partial charge in [0.25, 0.3) is 0 Å². The molecular formula is C9H15NO4. The molecule has 0 aromatic rings. The number of aliphatic hydroxyl groups excluding tert-OH is 1. The molecule has 14 heavy (non-hydrogen) atoms. The lowest BCUT2D eigenvalue weighted by Crippen LogP contribution is -2.42. The van der Waals surface area contributed by atoms with Gasteiger partial charge < -0.3 is 15.1 Å². The minimum atomic E-state index is -1.05. The number of carboxylic acid groups (broad SMARTS) is 1. The lowest BCUT2D eigenvalue weighted by molar-refractivity contribution is -0.149. The highest BCUT2D eigenvalue weighted by atomic mass is 16.4. The minimum absolute atomic E-state index is 0.133. The number of aliphatic carboxylic acids is 1. The maximum atomic E-state index is 11.6. The third-order valence-electron chi connectivity index (χ3n) is 2.34. The van der Waals surface area contributed by atoms with Crippen LogP contribution in [0, 0.1) is 5.92 Å². The van der Waals surface area contributed by atoms with Gasteiger partial charge in [-0.1, -0.05) is 13.8 Å². The van der Waals surface area contributed by atoms with Crippen molar-refractivity contribution in [1.82, 2.24) is 4.90 Å². The Kier molecular flexibility index (Phi) is 3.10. The van der Waals surface area contributed by atoms with Gasteiger partial charge in [0.15, 0.2) is 0 Å². The molecule has 0 saturated carbocycles. The molecule has 80 valence electrons. The summed E-state index contributed by atoms with van der Waals surface area (Å²) >= 11 is 0. The molecule has 1 rings (SSSR count). The lowest BCUT2D eigenvalue weighted by Gasteiger charge is -2.22. The van der Waals surface area contributed by atoms with Crippen molar-refractivity contribution in [2.45, 2.75) is 32.4 Å². The average Bonchev–Trinajstić information content (AvgIpc) is 2.45. The van der Waals surface area contributed by atoms with Crippen LogP contribution in [0.25, 0.3) is 0 Å². The molecule has 1 aliphatic heterocycles. The number of carbonyl (C=O) groups is 2. The van der Waals surface area contributed by atoms with Gasteiger partial charge in [-0.2, -0.15) is 0 Å². The number of hydrogen-bond acceptors (Lipinski definition) is 3. The minimum Gasteiger partial charge on any atom is -0.480 e. The van der Waals surface area contributed by atoms with E-state index in [0.29, 0.717) is 0 Å². The molecule has 0 aliphatic carbocycles. The van der Waals surface area contributed by atoms with Crippen LogP contribution in [-0.4, -0.2) is 45.7 Å². The number of aliphatic hydroxyl groups is 1. The second kappa shape index (κ2) is 3.96. The second-order valence-corrected chi connectivity index (χ2v) is 3.89. The molecule has 1 saturated heterocycles. The smallest absolute Gasteiger partial charge is 0.326 e. The van der Waals surface area contributed by atoms with Crippen molar-refractivity contribution in [3.05, 3.63) is 0 Å². The first-order valence-electron chi connectivity index (χ1n) is 4.64. The van der Waals surface area contributed by atoms with Gasteiger partial charge in [-0.05, 0) is 0 Å². The van der Waals surface area contributed by atoms with Crippen LogP contribution in [0.3, 0.4) is 0 Å². The van der Waals surface area contributed by atoms with Crippen LogP contribution in [0.15, 0.2) is 0 Å². The molecule has 0 radical (unpaired) electrons. The first-order valence-corrected chi connectivity index (χ1v) is 4.64. The Morgan fingerprint density at radius 3 is 2.43 bits per heavy atom. The zero-order chi connectivity index (χ0) is 10.9. The molecule has 1 heterocycles. The molecule has 1 amide bonds. The summed E-state index contributed by atoms with van der Waals surface area (Å²) in [5, 5.41) is 18.1. The van der Waals surface area contributed by atoms with E-state index in [2.05, 4.69) is 0 Å². The number of rotatable bonds is 2. The second-order valence-electron chi connectivity index (χ2n) is 3.89. The summed E-state index contributed by atoms with van der Waals surface area (Å²) in [4.78, 5) is 23.6. The molecule has 0 aromatic heterocycles. The van der Waals surface area contributed by atoms with E-state index in [-0.39, 0.29) is 24.8 Å². The Morgan fingerprint density at radius 2 is 2.00 bits per heavy atom. The molecular weight excluding hydrogens is 186 g/mol. The van der Waals surface area contributed by atoms with Crippen molar-refractivity contribution < 1.29 is 19.8 Å². The Labute approximate surface area is 82.3 Å². The SMILES string of the molecule is CC(C)C(=O)N1CC(O)C[C@@H]1C(=O)O. The van der Waals surface area contributed by atoms with Gasteiger partial charge >= 0.3 is 5.97 Å². The van der Waals surface area contributed by atoms with E-state index in [1.165, 1.54) is 4.90 Å². The van der Waals surface area contributed by atoms with Crippen LogP contribution in [0.2, 0.25) is 0 Å². The molecule has 1 unspecified atom stereocenters. The van der Waals surface area contributed by atoms with E-state index in [4.69, 9.17) is 5.11 Å². The van der Waals surface area contributed by atoms with Gasteiger partial charge in [-0.3, -0.25) is 4.79 Å². The monoisotopic (exact) mass is 201 g/mol. The summed E-state index contributed by atoms with van der Waals surface area (Å²) in [7, 11) is 0. The zero-order valence-corrected chi connectivity index (χ0v) is 8.30. The fourth-order valence-electron chi connectivity index (χ4n) is 1.62. The van der Waals surface area contributed by atoms with E-state index in [1.54, 1.807) is 13.8 Å². The highest BCUT2D eigenvalue weighted by Crippen LogP contribution is 2.20. The van der Waals surface area contributed by atoms with Gasteiger partial charge in [0.05, 0.1) is 6.10 Å². The fourth-order valence-corrected chi connectivity index (χ4v) is 1.62. The summed E-state index contributed by atoms with van der Waals surface area (Å²) in [6, 6.07) is -0.861. The number of carbonyl (C=O) groups excluding carboxylic acids is 1. The van der Waals surface area contributed by atoms with Gasteiger partial charge in [0.1, 0.15) is 6.04 Å². The van der Waals surface area contributed by atoms with Gasteiger partial charge in [0.2, 0.25) is 5.91 Å². The average molecular weight is 201 g/mol. The van der Waals surface area contributed by atoms with Crippen LogP contribution < -0.4 is 0 Å². The van der Waals surface area contributed by atoms with E-state index >= 15 is 0 Å². The number of likely N-dealkylation sites (tertiary alicyclic amines) is 1. The molecule has 0 spiro atoms. The number of hydrogen-bond donors (Lipinski definition) is 2. The predicted octanol–water partition coefficient (Wildman–Crippen LogP) is -0.311. The molecule has 1 aliphatic rings. The van der Waals surface area contributed by atoms with Crippen molar-refractivity contribution in [3.8, 4) is 0 Å². The summed E-state index contributed by atoms with van der Waals surface area (Å²) in [6.07, 6.45) is -0.577. The van der Waals surface area contributed by atoms with Crippen LogP contribution in [0.4, 0.5) is 0 Å². The maximum Gasteiger partial charge on any atom is 0.326 e. The van der Waals surface area contributed by atoms with Crippen molar-refractivity contribution in [1.29, 1.82) is 0 Å². The first kappa shape index (κ1) is 11.0. The lowest BCUT2D eigenvalue weighted by atomic mass is 10.1. The standard InChI is InChI=1S/C9H15NO4/c1-5(2)8(12)10-4-6(11)3-7(10)9(13)14/h5-7,11H,3-4H2,1-2H3,(H,13,14)/t6?,7-/m1/s1. The first-order chi connectivity index (χ1) is 6.43. The summed E-state index contributed by atoms with van der Waals surface area (Å²) in [5.74, 6) is -1.49. The van der Waals surface area contributed by atoms with E-state index in [1.807, 2.05) is 0 Å². The maximum absolute atomic E-state index is 11.6. The molecule has 0 bridgehead atoms. The Balaban J connectivity index is 2.76. The van der Waals surface area contributed by atoms with Gasteiger partial charge in [-0.15, -0.1) is 0 Å². The third-order valence-corrected chi connectivity index (χ3v) is 2.34. The Hall–Kier alpha value is -1.10. The van der Waals surface area contributed by atoms with Gasteiger partial charge in [0, 0.05) is 18.9 Å². The van der Waals surface area contributed by atoms with Crippen LogP contribution in [0.1, 0.15) is 20.3 Å². The Bertz CT molecular complexity index is 251. The number of nitrogens with zero attached hydrogens (tertiary/aromatic N) is 1. The summed E-state index contributed by atoms with van der Waals surface area (Å²) in [5.41, 5.74) is 0. The highest BCUT2D eigenvalue weighted by molar-refractivity contribution is 5.85. The van der Waals surface area contributed by atoms with E-state index < -0.39 is 18.1 Å². The summed E-state index contributed by atoms with van der Waals surface area (Å²) in [6.45, 7) is 3.56. The van der Waals surface area contributed by atoms with Crippen molar-refractivity contribution in [2.24, 2.45) is 5.92 Å². The molecule has 0 aromatic carbocycles. The molecule has 5 nitrogen and oxygen atoms in total. The topological polar surface area (TPSA) is 77.8 Å².